The lowest BCUT2D eigenvalue weighted by Gasteiger charge is -2.12. The van der Waals surface area contributed by atoms with Gasteiger partial charge in [0.05, 0.1) is 24.5 Å². The minimum absolute atomic E-state index is 0.119. The predicted molar refractivity (Wildman–Crippen MR) is 97.1 cm³/mol. The topological polar surface area (TPSA) is 120 Å². The number of rotatable bonds is 6. The van der Waals surface area contributed by atoms with Crippen LogP contribution in [0.1, 0.15) is 12.6 Å². The van der Waals surface area contributed by atoms with Crippen molar-refractivity contribution in [2.24, 2.45) is 0 Å². The molecule has 1 aromatic carbocycles. The fraction of sp³-hybridized carbons (Fsp3) is 0.294. The smallest absolute Gasteiger partial charge is 0.311 e. The van der Waals surface area contributed by atoms with Gasteiger partial charge in [0.1, 0.15) is 0 Å². The highest BCUT2D eigenvalue weighted by atomic mass is 32.2. The Morgan fingerprint density at radius 3 is 2.89 bits per heavy atom. The van der Waals surface area contributed by atoms with Crippen molar-refractivity contribution in [2.75, 3.05) is 19.2 Å². The van der Waals surface area contributed by atoms with Crippen molar-refractivity contribution < 1.29 is 23.8 Å². The number of methoxy groups -OCH3 is 1. The Bertz CT molecular complexity index is 929. The van der Waals surface area contributed by atoms with E-state index in [1.165, 1.54) is 13.2 Å². The van der Waals surface area contributed by atoms with E-state index in [-0.39, 0.29) is 30.0 Å². The van der Waals surface area contributed by atoms with Gasteiger partial charge in [0.15, 0.2) is 16.7 Å². The van der Waals surface area contributed by atoms with Crippen molar-refractivity contribution in [2.45, 2.75) is 23.8 Å². The molecule has 2 N–H and O–H groups in total. The third kappa shape index (κ3) is 4.79. The number of nitrogens with zero attached hydrogens (tertiary/aromatic N) is 1. The highest BCUT2D eigenvalue weighted by Gasteiger charge is 2.19. The van der Waals surface area contributed by atoms with E-state index in [2.05, 4.69) is 20.0 Å². The molecule has 1 aliphatic rings. The van der Waals surface area contributed by atoms with Crippen LogP contribution in [0.15, 0.2) is 34.2 Å². The second kappa shape index (κ2) is 8.12. The number of benzene rings is 1. The van der Waals surface area contributed by atoms with Crippen LogP contribution in [-0.4, -0.2) is 41.0 Å². The summed E-state index contributed by atoms with van der Waals surface area (Å²) in [4.78, 5) is 42.2. The first kappa shape index (κ1) is 18.8. The van der Waals surface area contributed by atoms with Gasteiger partial charge >= 0.3 is 5.97 Å². The first-order chi connectivity index (χ1) is 12.9. The van der Waals surface area contributed by atoms with Gasteiger partial charge in [-0.05, 0) is 19.1 Å². The quantitative estimate of drug-likeness (QED) is 0.430. The van der Waals surface area contributed by atoms with Crippen LogP contribution in [0, 0.1) is 0 Å². The van der Waals surface area contributed by atoms with Gasteiger partial charge in [-0.15, -0.1) is 0 Å². The van der Waals surface area contributed by atoms with E-state index < -0.39 is 16.8 Å². The molecule has 1 aromatic heterocycles. The average Bonchev–Trinajstić information content (AvgIpc) is 3.08. The van der Waals surface area contributed by atoms with E-state index in [9.17, 15) is 14.4 Å². The van der Waals surface area contributed by atoms with Gasteiger partial charge in [0, 0.05) is 17.8 Å². The Morgan fingerprint density at radius 2 is 2.11 bits per heavy atom. The van der Waals surface area contributed by atoms with Crippen LogP contribution in [0.25, 0.3) is 0 Å². The van der Waals surface area contributed by atoms with Crippen molar-refractivity contribution in [3.05, 3.63) is 40.3 Å². The molecular formula is C17H17N3O6S. The zero-order valence-corrected chi connectivity index (χ0v) is 15.4. The van der Waals surface area contributed by atoms with Crippen LogP contribution >= 0.6 is 11.8 Å². The van der Waals surface area contributed by atoms with Gasteiger partial charge in [-0.3, -0.25) is 14.4 Å². The molecule has 0 saturated carbocycles. The van der Waals surface area contributed by atoms with E-state index in [1.807, 2.05) is 0 Å². The van der Waals surface area contributed by atoms with Gasteiger partial charge in [-0.25, -0.2) is 4.98 Å². The lowest BCUT2D eigenvalue weighted by Crippen LogP contribution is -2.23. The van der Waals surface area contributed by atoms with E-state index >= 15 is 0 Å². The lowest BCUT2D eigenvalue weighted by atomic mass is 10.2. The van der Waals surface area contributed by atoms with Gasteiger partial charge in [-0.1, -0.05) is 11.8 Å². The van der Waals surface area contributed by atoms with E-state index in [1.54, 1.807) is 25.1 Å². The lowest BCUT2D eigenvalue weighted by molar-refractivity contribution is -0.139. The summed E-state index contributed by atoms with van der Waals surface area (Å²) in [7, 11) is 1.26. The second-order valence-corrected chi connectivity index (χ2v) is 6.94. The number of esters is 1. The third-order valence-corrected chi connectivity index (χ3v) is 4.61. The van der Waals surface area contributed by atoms with Crippen LogP contribution < -0.4 is 20.3 Å². The number of anilines is 1. The summed E-state index contributed by atoms with van der Waals surface area (Å²) >= 11 is 1.07. The Balaban J connectivity index is 1.65. The number of aromatic nitrogens is 2. The molecule has 0 aliphatic carbocycles. The molecule has 1 aliphatic heterocycles. The van der Waals surface area contributed by atoms with Crippen LogP contribution in [0.2, 0.25) is 0 Å². The summed E-state index contributed by atoms with van der Waals surface area (Å²) in [5.74, 6) is 0.409. The fourth-order valence-corrected chi connectivity index (χ4v) is 3.12. The standard InChI is InChI=1S/C17H17N3O6S/c1-9(16(23)18-10-3-4-12-13(5-10)26-8-25-12)27-17-19-11(6-14(21)20-17)7-15(22)24-2/h3-6,9H,7-8H2,1-2H3,(H,18,23)(H,19,20,21)/t9-/m1/s1. The van der Waals surface area contributed by atoms with Crippen LogP contribution in [-0.2, 0) is 20.7 Å². The summed E-state index contributed by atoms with van der Waals surface area (Å²) in [6, 6.07) is 6.32. The predicted octanol–water partition coefficient (Wildman–Crippen LogP) is 1.33. The molecule has 0 bridgehead atoms. The summed E-state index contributed by atoms with van der Waals surface area (Å²) in [5, 5.41) is 2.47. The molecule has 0 unspecified atom stereocenters. The number of aromatic amines is 1. The van der Waals surface area contributed by atoms with Crippen molar-refractivity contribution in [3.8, 4) is 11.5 Å². The molecule has 27 heavy (non-hydrogen) atoms. The SMILES string of the molecule is COC(=O)Cc1cc(=O)[nH]c(S[C@H](C)C(=O)Nc2ccc3c(c2)OCO3)n1. The number of H-pyrrole nitrogens is 1. The Morgan fingerprint density at radius 1 is 1.33 bits per heavy atom. The monoisotopic (exact) mass is 391 g/mol. The van der Waals surface area contributed by atoms with Gasteiger partial charge in [-0.2, -0.15) is 0 Å². The molecule has 3 rings (SSSR count). The zero-order chi connectivity index (χ0) is 19.4. The number of hydrogen-bond donors (Lipinski definition) is 2. The second-order valence-electron chi connectivity index (χ2n) is 5.61. The van der Waals surface area contributed by atoms with Gasteiger partial charge in [0.2, 0.25) is 12.7 Å². The average molecular weight is 391 g/mol. The molecule has 1 amide bonds. The molecule has 0 spiro atoms. The van der Waals surface area contributed by atoms with E-state index in [0.717, 1.165) is 11.8 Å². The number of nitrogens with one attached hydrogen (secondary N) is 2. The molecule has 1 atom stereocenters. The first-order valence-corrected chi connectivity index (χ1v) is 8.87. The Kier molecular flexibility index (Phi) is 5.65. The highest BCUT2D eigenvalue weighted by molar-refractivity contribution is 8.00. The summed E-state index contributed by atoms with van der Waals surface area (Å²) in [6.45, 7) is 1.83. The number of hydrogen-bond acceptors (Lipinski definition) is 8. The summed E-state index contributed by atoms with van der Waals surface area (Å²) in [5.41, 5.74) is 0.434. The maximum absolute atomic E-state index is 12.4. The molecule has 0 fully saturated rings. The zero-order valence-electron chi connectivity index (χ0n) is 14.6. The number of fused-ring (bicyclic) bond motifs is 1. The summed E-state index contributed by atoms with van der Waals surface area (Å²) < 4.78 is 15.1. The van der Waals surface area contributed by atoms with Crippen molar-refractivity contribution in [1.82, 2.24) is 9.97 Å². The molecule has 10 heteroatoms. The van der Waals surface area contributed by atoms with Gasteiger partial charge < -0.3 is 24.5 Å². The molecule has 142 valence electrons. The van der Waals surface area contributed by atoms with E-state index in [0.29, 0.717) is 17.2 Å². The van der Waals surface area contributed by atoms with Crippen LogP contribution in [0.4, 0.5) is 5.69 Å². The van der Waals surface area contributed by atoms with Crippen molar-refractivity contribution >= 4 is 29.3 Å². The summed E-state index contributed by atoms with van der Waals surface area (Å²) in [6.07, 6.45) is -0.119. The number of carbonyl (C=O) groups is 2. The molecule has 0 saturated heterocycles. The third-order valence-electron chi connectivity index (χ3n) is 3.62. The molecule has 2 heterocycles. The van der Waals surface area contributed by atoms with Crippen molar-refractivity contribution in [1.29, 1.82) is 0 Å². The van der Waals surface area contributed by atoms with Gasteiger partial charge in [0.25, 0.3) is 5.56 Å². The highest BCUT2D eigenvalue weighted by Crippen LogP contribution is 2.34. The number of amides is 1. The molecule has 9 nitrogen and oxygen atoms in total. The molecule has 0 radical (unpaired) electrons. The van der Waals surface area contributed by atoms with Crippen LogP contribution in [0.5, 0.6) is 11.5 Å². The number of ether oxygens (including phenoxy) is 3. The largest absolute Gasteiger partial charge is 0.469 e. The Hall–Kier alpha value is -3.01. The first-order valence-electron chi connectivity index (χ1n) is 7.99. The molecular weight excluding hydrogens is 374 g/mol. The minimum atomic E-state index is -0.549. The number of carbonyl (C=O) groups excluding carboxylic acids is 2. The van der Waals surface area contributed by atoms with Crippen molar-refractivity contribution in [3.63, 3.8) is 0 Å². The maximum Gasteiger partial charge on any atom is 0.311 e. The Labute approximate surface area is 158 Å². The number of thioether (sulfide) groups is 1. The normalized spacial score (nSPS) is 13.1. The molecule has 2 aromatic rings. The van der Waals surface area contributed by atoms with E-state index in [4.69, 9.17) is 9.47 Å². The fourth-order valence-electron chi connectivity index (χ4n) is 2.29. The minimum Gasteiger partial charge on any atom is -0.469 e. The maximum atomic E-state index is 12.4. The van der Waals surface area contributed by atoms with Crippen LogP contribution in [0.3, 0.4) is 0 Å².